The molecule has 3 atom stereocenters. The lowest BCUT2D eigenvalue weighted by atomic mass is 10.0. The molecule has 1 aromatic rings. The van der Waals surface area contributed by atoms with Crippen molar-refractivity contribution in [2.75, 3.05) is 12.3 Å². The standard InChI is InChI=1S/C21H27ClN4O6/c1-11(2)18(25-19(30)12-5-6-15(23)14(22)8-12)21(32)26-7-3-4-16(26)20(31)24-13(10-27)9-17(28)29/h5-6,8,10-11,13,16,18H,3-4,7,9,23H2,1-2H3,(H,24,31)(H,25,30)(H,28,29). The van der Waals surface area contributed by atoms with Gasteiger partial charge in [-0.1, -0.05) is 25.4 Å². The van der Waals surface area contributed by atoms with E-state index in [-0.39, 0.29) is 16.5 Å². The van der Waals surface area contributed by atoms with Crippen molar-refractivity contribution >= 4 is 47.3 Å². The van der Waals surface area contributed by atoms with E-state index in [1.807, 2.05) is 0 Å². The lowest BCUT2D eigenvalue weighted by Crippen LogP contribution is -2.56. The van der Waals surface area contributed by atoms with Crippen LogP contribution in [0.5, 0.6) is 0 Å². The maximum absolute atomic E-state index is 13.2. The number of nitrogens with zero attached hydrogens (tertiary/aromatic N) is 1. The number of anilines is 1. The van der Waals surface area contributed by atoms with Gasteiger partial charge in [0.15, 0.2) is 0 Å². The molecule has 1 aromatic carbocycles. The number of aldehydes is 1. The molecule has 3 unspecified atom stereocenters. The summed E-state index contributed by atoms with van der Waals surface area (Å²) in [6, 6.07) is 1.43. The molecule has 0 radical (unpaired) electrons. The number of rotatable bonds is 9. The van der Waals surface area contributed by atoms with E-state index >= 15 is 0 Å². The number of nitrogens with two attached hydrogens (primary N) is 1. The summed E-state index contributed by atoms with van der Waals surface area (Å²) in [5, 5.41) is 14.1. The van der Waals surface area contributed by atoms with Crippen LogP contribution in [0.3, 0.4) is 0 Å². The molecule has 0 aromatic heterocycles. The minimum atomic E-state index is -1.23. The quantitative estimate of drug-likeness (QED) is 0.309. The van der Waals surface area contributed by atoms with E-state index in [1.54, 1.807) is 13.8 Å². The van der Waals surface area contributed by atoms with Gasteiger partial charge in [-0.25, -0.2) is 0 Å². The summed E-state index contributed by atoms with van der Waals surface area (Å²) in [5.74, 6) is -3.06. The van der Waals surface area contributed by atoms with Crippen LogP contribution in [0.1, 0.15) is 43.5 Å². The maximum Gasteiger partial charge on any atom is 0.305 e. The summed E-state index contributed by atoms with van der Waals surface area (Å²) in [6.07, 6.45) is 0.718. The number of hydrogen-bond donors (Lipinski definition) is 4. The molecule has 1 fully saturated rings. The first-order valence-corrected chi connectivity index (χ1v) is 10.6. The van der Waals surface area contributed by atoms with Crippen LogP contribution in [0.25, 0.3) is 0 Å². The number of carbonyl (C=O) groups excluding carboxylic acids is 4. The summed E-state index contributed by atoms with van der Waals surface area (Å²) in [4.78, 5) is 61.9. The molecular weight excluding hydrogens is 440 g/mol. The number of amides is 3. The number of nitrogens with one attached hydrogen (secondary N) is 2. The third-order valence-corrected chi connectivity index (χ3v) is 5.53. The number of benzene rings is 1. The van der Waals surface area contributed by atoms with Gasteiger partial charge in [-0.15, -0.1) is 0 Å². The Morgan fingerprint density at radius 3 is 2.53 bits per heavy atom. The number of likely N-dealkylation sites (tertiary alicyclic amines) is 1. The molecule has 2 rings (SSSR count). The summed E-state index contributed by atoms with van der Waals surface area (Å²) >= 11 is 5.98. The summed E-state index contributed by atoms with van der Waals surface area (Å²) in [6.45, 7) is 3.83. The van der Waals surface area contributed by atoms with Crippen LogP contribution in [0.2, 0.25) is 5.02 Å². The normalized spacial score (nSPS) is 17.5. The highest BCUT2D eigenvalue weighted by Gasteiger charge is 2.39. The molecule has 3 amide bonds. The van der Waals surface area contributed by atoms with Crippen LogP contribution in [0, 0.1) is 5.92 Å². The highest BCUT2D eigenvalue weighted by Crippen LogP contribution is 2.22. The Labute approximate surface area is 190 Å². The van der Waals surface area contributed by atoms with Crippen LogP contribution in [0.4, 0.5) is 5.69 Å². The zero-order chi connectivity index (χ0) is 24.0. The number of nitrogen functional groups attached to an aromatic ring is 1. The predicted molar refractivity (Wildman–Crippen MR) is 117 cm³/mol. The molecule has 1 aliphatic rings. The number of carbonyl (C=O) groups is 5. The van der Waals surface area contributed by atoms with Gasteiger partial charge in [0.05, 0.1) is 23.2 Å². The van der Waals surface area contributed by atoms with Gasteiger partial charge in [0, 0.05) is 12.1 Å². The van der Waals surface area contributed by atoms with Gasteiger partial charge < -0.3 is 31.2 Å². The maximum atomic E-state index is 13.2. The van der Waals surface area contributed by atoms with Gasteiger partial charge in [0.2, 0.25) is 11.8 Å². The van der Waals surface area contributed by atoms with E-state index in [0.717, 1.165) is 0 Å². The lowest BCUT2D eigenvalue weighted by Gasteiger charge is -2.31. The Bertz CT molecular complexity index is 906. The average Bonchev–Trinajstić information content (AvgIpc) is 3.22. The van der Waals surface area contributed by atoms with E-state index in [0.29, 0.717) is 31.4 Å². The van der Waals surface area contributed by atoms with E-state index in [9.17, 15) is 24.0 Å². The zero-order valence-corrected chi connectivity index (χ0v) is 18.6. The number of halogens is 1. The first kappa shape index (κ1) is 25.1. The zero-order valence-electron chi connectivity index (χ0n) is 17.8. The molecule has 5 N–H and O–H groups in total. The topological polar surface area (TPSA) is 159 Å². The van der Waals surface area contributed by atoms with Gasteiger partial charge in [-0.2, -0.15) is 0 Å². The van der Waals surface area contributed by atoms with Crippen molar-refractivity contribution in [3.05, 3.63) is 28.8 Å². The highest BCUT2D eigenvalue weighted by atomic mass is 35.5. The molecule has 32 heavy (non-hydrogen) atoms. The van der Waals surface area contributed by atoms with Crippen molar-refractivity contribution in [3.8, 4) is 0 Å². The second-order valence-electron chi connectivity index (χ2n) is 7.97. The molecule has 11 heteroatoms. The number of carboxylic acid groups (broad SMARTS) is 1. The molecule has 0 saturated carbocycles. The fourth-order valence-electron chi connectivity index (χ4n) is 3.49. The Morgan fingerprint density at radius 1 is 1.28 bits per heavy atom. The molecule has 0 aliphatic carbocycles. The Hall–Kier alpha value is -3.14. The lowest BCUT2D eigenvalue weighted by molar-refractivity contribution is -0.142. The van der Waals surface area contributed by atoms with Gasteiger partial charge >= 0.3 is 5.97 Å². The van der Waals surface area contributed by atoms with E-state index in [1.165, 1.54) is 23.1 Å². The summed E-state index contributed by atoms with van der Waals surface area (Å²) in [5.41, 5.74) is 6.23. The number of hydrogen-bond acceptors (Lipinski definition) is 6. The minimum absolute atomic E-state index is 0.215. The van der Waals surface area contributed by atoms with Crippen molar-refractivity contribution in [3.63, 3.8) is 0 Å². The van der Waals surface area contributed by atoms with Crippen molar-refractivity contribution in [2.45, 2.75) is 51.2 Å². The van der Waals surface area contributed by atoms with Gasteiger partial charge in [0.25, 0.3) is 5.91 Å². The molecule has 0 spiro atoms. The highest BCUT2D eigenvalue weighted by molar-refractivity contribution is 6.33. The Balaban J connectivity index is 2.14. The molecule has 10 nitrogen and oxygen atoms in total. The first-order valence-electron chi connectivity index (χ1n) is 10.2. The van der Waals surface area contributed by atoms with Gasteiger partial charge in [0.1, 0.15) is 18.4 Å². The average molecular weight is 467 g/mol. The van der Waals surface area contributed by atoms with Crippen LogP contribution in [0.15, 0.2) is 18.2 Å². The van der Waals surface area contributed by atoms with Crippen LogP contribution >= 0.6 is 11.6 Å². The number of carboxylic acids is 1. The second kappa shape index (κ2) is 10.9. The predicted octanol–water partition coefficient (Wildman–Crippen LogP) is 0.826. The first-order chi connectivity index (χ1) is 15.0. The van der Waals surface area contributed by atoms with Crippen molar-refractivity contribution < 1.29 is 29.1 Å². The molecule has 174 valence electrons. The SMILES string of the molecule is CC(C)C(NC(=O)c1ccc(N)c(Cl)c1)C(=O)N1CCCC1C(=O)NC(C=O)CC(=O)O. The fourth-order valence-corrected chi connectivity index (χ4v) is 3.67. The van der Waals surface area contributed by atoms with E-state index in [2.05, 4.69) is 10.6 Å². The smallest absolute Gasteiger partial charge is 0.305 e. The third kappa shape index (κ3) is 6.19. The second-order valence-corrected chi connectivity index (χ2v) is 8.38. The number of aliphatic carboxylic acids is 1. The Morgan fingerprint density at radius 2 is 1.97 bits per heavy atom. The summed E-state index contributed by atoms with van der Waals surface area (Å²) in [7, 11) is 0. The van der Waals surface area contributed by atoms with E-state index in [4.69, 9.17) is 22.4 Å². The van der Waals surface area contributed by atoms with Gasteiger partial charge in [-0.05, 0) is 37.0 Å². The van der Waals surface area contributed by atoms with Gasteiger partial charge in [-0.3, -0.25) is 19.2 Å². The minimum Gasteiger partial charge on any atom is -0.481 e. The van der Waals surface area contributed by atoms with Crippen LogP contribution in [-0.2, 0) is 19.2 Å². The van der Waals surface area contributed by atoms with Crippen molar-refractivity contribution in [1.82, 2.24) is 15.5 Å². The van der Waals surface area contributed by atoms with Crippen molar-refractivity contribution in [1.29, 1.82) is 0 Å². The van der Waals surface area contributed by atoms with Crippen molar-refractivity contribution in [2.24, 2.45) is 5.92 Å². The molecule has 0 bridgehead atoms. The monoisotopic (exact) mass is 466 g/mol. The van der Waals surface area contributed by atoms with E-state index < -0.39 is 48.2 Å². The Kier molecular flexibility index (Phi) is 8.59. The largest absolute Gasteiger partial charge is 0.481 e. The molecule has 1 heterocycles. The molecule has 1 aliphatic heterocycles. The van der Waals surface area contributed by atoms with Crippen LogP contribution < -0.4 is 16.4 Å². The molecular formula is C21H27ClN4O6. The third-order valence-electron chi connectivity index (χ3n) is 5.21. The fraction of sp³-hybridized carbons (Fsp3) is 0.476. The van der Waals surface area contributed by atoms with Crippen LogP contribution in [-0.4, -0.2) is 64.7 Å². The summed E-state index contributed by atoms with van der Waals surface area (Å²) < 4.78 is 0. The molecule has 1 saturated heterocycles.